The molecule has 0 aliphatic heterocycles. The van der Waals surface area contributed by atoms with Crippen molar-refractivity contribution >= 4 is 54.5 Å². The monoisotopic (exact) mass is 494 g/mol. The fourth-order valence-electron chi connectivity index (χ4n) is 1.79. The second kappa shape index (κ2) is 7.09. The minimum Gasteiger partial charge on any atom is -0.494 e. The number of alkyl halides is 1. The van der Waals surface area contributed by atoms with Crippen LogP contribution in [-0.4, -0.2) is 6.61 Å². The summed E-state index contributed by atoms with van der Waals surface area (Å²) in [5, 5.41) is 0. The van der Waals surface area contributed by atoms with Gasteiger partial charge in [-0.3, -0.25) is 0 Å². The Kier molecular flexibility index (Phi) is 5.71. The Hall–Kier alpha value is -0.0700. The number of benzene rings is 2. The summed E-state index contributed by atoms with van der Waals surface area (Å²) in [6.07, 6.45) is 0. The van der Waals surface area contributed by atoms with E-state index < -0.39 is 0 Å². The molecule has 0 aliphatic carbocycles. The largest absolute Gasteiger partial charge is 0.494 e. The maximum atomic E-state index is 5.46. The van der Waals surface area contributed by atoms with E-state index in [0.29, 0.717) is 6.61 Å². The van der Waals surface area contributed by atoms with Crippen molar-refractivity contribution in [2.24, 2.45) is 0 Å². The van der Waals surface area contributed by atoms with E-state index in [1.54, 1.807) is 0 Å². The van der Waals surface area contributed by atoms with Crippen LogP contribution in [0.2, 0.25) is 0 Å². The zero-order valence-corrected chi connectivity index (χ0v) is 15.7. The van der Waals surface area contributed by atoms with Crippen molar-refractivity contribution in [3.05, 3.63) is 61.6 Å². The smallest absolute Gasteiger partial charge is 0.119 e. The molecule has 0 radical (unpaired) electrons. The molecule has 1 nitrogen and oxygen atoms in total. The fraction of sp³-hybridized carbons (Fsp3) is 0.200. The second-order valence-electron chi connectivity index (χ2n) is 4.03. The molecule has 1 atom stereocenters. The summed E-state index contributed by atoms with van der Waals surface area (Å²) >= 11 is 9.66. The molecule has 0 aromatic heterocycles. The lowest BCUT2D eigenvalue weighted by Gasteiger charge is -2.14. The maximum Gasteiger partial charge on any atom is 0.119 e. The van der Waals surface area contributed by atoms with Crippen molar-refractivity contribution in [2.45, 2.75) is 11.8 Å². The van der Waals surface area contributed by atoms with Gasteiger partial charge in [0.1, 0.15) is 5.75 Å². The first-order valence-corrected chi connectivity index (χ1v) is 8.72. The topological polar surface area (TPSA) is 9.23 Å². The van der Waals surface area contributed by atoms with Crippen molar-refractivity contribution in [1.29, 1.82) is 0 Å². The maximum absolute atomic E-state index is 5.46. The average Bonchev–Trinajstić information content (AvgIpc) is 2.42. The lowest BCUT2D eigenvalue weighted by molar-refractivity contribution is 0.340. The van der Waals surface area contributed by atoms with Crippen molar-refractivity contribution in [1.82, 2.24) is 0 Å². The van der Waals surface area contributed by atoms with Crippen LogP contribution >= 0.6 is 54.5 Å². The van der Waals surface area contributed by atoms with Crippen LogP contribution in [0.4, 0.5) is 0 Å². The zero-order chi connectivity index (χ0) is 13.8. The van der Waals surface area contributed by atoms with E-state index >= 15 is 0 Å². The van der Waals surface area contributed by atoms with Crippen LogP contribution in [0.25, 0.3) is 0 Å². The lowest BCUT2D eigenvalue weighted by atomic mass is 10.0. The fourth-order valence-corrected chi connectivity index (χ4v) is 3.93. The van der Waals surface area contributed by atoms with Gasteiger partial charge < -0.3 is 4.74 Å². The summed E-state index contributed by atoms with van der Waals surface area (Å²) in [5.74, 6) is 0.912. The van der Waals surface area contributed by atoms with Crippen LogP contribution in [0.3, 0.4) is 0 Å². The summed E-state index contributed by atoms with van der Waals surface area (Å²) in [6.45, 7) is 2.69. The summed E-state index contributed by atoms with van der Waals surface area (Å²) in [7, 11) is 0. The second-order valence-corrected chi connectivity index (χ2v) is 7.02. The molecule has 2 aromatic carbocycles. The lowest BCUT2D eigenvalue weighted by Crippen LogP contribution is -1.97. The van der Waals surface area contributed by atoms with Gasteiger partial charge in [-0.15, -0.1) is 0 Å². The highest BCUT2D eigenvalue weighted by Gasteiger charge is 2.14. The molecule has 4 heteroatoms. The molecule has 0 heterocycles. The third kappa shape index (κ3) is 3.95. The Labute approximate surface area is 144 Å². The molecule has 0 fully saturated rings. The first kappa shape index (κ1) is 15.3. The van der Waals surface area contributed by atoms with Crippen molar-refractivity contribution in [3.63, 3.8) is 0 Å². The van der Waals surface area contributed by atoms with Crippen LogP contribution in [0.15, 0.2) is 46.9 Å². The van der Waals surface area contributed by atoms with E-state index in [2.05, 4.69) is 84.8 Å². The van der Waals surface area contributed by atoms with Gasteiger partial charge >= 0.3 is 0 Å². The van der Waals surface area contributed by atoms with Gasteiger partial charge in [0.05, 0.1) is 11.4 Å². The summed E-state index contributed by atoms with van der Waals surface area (Å²) in [5.41, 5.74) is 2.48. The molecular weight excluding hydrogens is 483 g/mol. The molecule has 100 valence electrons. The first-order chi connectivity index (χ1) is 9.11. The summed E-state index contributed by atoms with van der Waals surface area (Å²) in [6, 6.07) is 14.5. The highest BCUT2D eigenvalue weighted by molar-refractivity contribution is 14.1. The van der Waals surface area contributed by atoms with Gasteiger partial charge in [-0.05, 0) is 71.0 Å². The normalized spacial score (nSPS) is 12.2. The predicted molar refractivity (Wildman–Crippen MR) is 95.2 cm³/mol. The minimum absolute atomic E-state index is 0.188. The van der Waals surface area contributed by atoms with Crippen molar-refractivity contribution in [3.8, 4) is 5.75 Å². The standard InChI is InChI=1S/C15H13Br2IO/c1-2-19-12-6-3-10(4-7-12)15(17)13-9-11(16)5-8-14(13)18/h3-9,15H,2H2,1H3. The molecule has 0 amide bonds. The number of hydrogen-bond acceptors (Lipinski definition) is 1. The zero-order valence-electron chi connectivity index (χ0n) is 10.4. The van der Waals surface area contributed by atoms with Crippen LogP contribution in [0, 0.1) is 3.57 Å². The van der Waals surface area contributed by atoms with Gasteiger partial charge in [0, 0.05) is 8.04 Å². The van der Waals surface area contributed by atoms with E-state index in [1.807, 2.05) is 19.1 Å². The van der Waals surface area contributed by atoms with E-state index in [1.165, 1.54) is 14.7 Å². The highest BCUT2D eigenvalue weighted by atomic mass is 127. The quantitative estimate of drug-likeness (QED) is 0.377. The Morgan fingerprint density at radius 1 is 1.16 bits per heavy atom. The Balaban J connectivity index is 2.27. The predicted octanol–water partition coefficient (Wildman–Crippen LogP) is 5.94. The minimum atomic E-state index is 0.188. The van der Waals surface area contributed by atoms with Gasteiger partial charge in [0.25, 0.3) is 0 Å². The Bertz CT molecular complexity index is 555. The Morgan fingerprint density at radius 2 is 1.84 bits per heavy atom. The molecule has 0 bridgehead atoms. The van der Waals surface area contributed by atoms with E-state index in [-0.39, 0.29) is 4.83 Å². The Morgan fingerprint density at radius 3 is 2.47 bits per heavy atom. The van der Waals surface area contributed by atoms with Gasteiger partial charge in [-0.25, -0.2) is 0 Å². The van der Waals surface area contributed by atoms with E-state index in [0.717, 1.165) is 10.2 Å². The van der Waals surface area contributed by atoms with Gasteiger partial charge in [-0.2, -0.15) is 0 Å². The molecular formula is C15H13Br2IO. The number of rotatable bonds is 4. The van der Waals surface area contributed by atoms with Crippen molar-refractivity contribution < 1.29 is 4.74 Å². The van der Waals surface area contributed by atoms with E-state index in [9.17, 15) is 0 Å². The molecule has 0 saturated carbocycles. The molecule has 19 heavy (non-hydrogen) atoms. The average molecular weight is 496 g/mol. The number of ether oxygens (including phenoxy) is 1. The molecule has 0 spiro atoms. The first-order valence-electron chi connectivity index (χ1n) is 5.93. The van der Waals surface area contributed by atoms with Gasteiger partial charge in [0.15, 0.2) is 0 Å². The van der Waals surface area contributed by atoms with Crippen LogP contribution in [-0.2, 0) is 0 Å². The summed E-state index contributed by atoms with van der Waals surface area (Å²) in [4.78, 5) is 0.188. The van der Waals surface area contributed by atoms with E-state index in [4.69, 9.17) is 4.74 Å². The van der Waals surface area contributed by atoms with Gasteiger partial charge in [0.2, 0.25) is 0 Å². The SMILES string of the molecule is CCOc1ccc(C(Br)c2cc(Br)ccc2I)cc1. The van der Waals surface area contributed by atoms with Crippen molar-refractivity contribution in [2.75, 3.05) is 6.61 Å². The van der Waals surface area contributed by atoms with Crippen LogP contribution < -0.4 is 4.74 Å². The number of halogens is 3. The number of hydrogen-bond donors (Lipinski definition) is 0. The molecule has 2 rings (SSSR count). The third-order valence-corrected chi connectivity index (χ3v) is 5.21. The molecule has 0 aliphatic rings. The molecule has 1 unspecified atom stereocenters. The van der Waals surface area contributed by atoms with Gasteiger partial charge in [-0.1, -0.05) is 44.0 Å². The molecule has 0 saturated heterocycles. The van der Waals surface area contributed by atoms with Crippen LogP contribution in [0.5, 0.6) is 5.75 Å². The molecule has 0 N–H and O–H groups in total. The van der Waals surface area contributed by atoms with Crippen LogP contribution in [0.1, 0.15) is 22.9 Å². The molecule has 2 aromatic rings. The summed E-state index contributed by atoms with van der Waals surface area (Å²) < 4.78 is 7.81. The highest BCUT2D eigenvalue weighted by Crippen LogP contribution is 2.35. The third-order valence-electron chi connectivity index (χ3n) is 2.71.